The molecule has 0 saturated carbocycles. The largest absolute Gasteiger partial charge is 0.310 e. The predicted molar refractivity (Wildman–Crippen MR) is 30.7 cm³/mol. The molecular formula is C4H7NO5. The maximum absolute atomic E-state index is 9.50. The molecule has 6 nitrogen and oxygen atoms in total. The van der Waals surface area contributed by atoms with E-state index in [4.69, 9.17) is 5.26 Å². The van der Waals surface area contributed by atoms with E-state index in [0.29, 0.717) is 0 Å². The molecule has 0 amide bonds. The van der Waals surface area contributed by atoms with Crippen molar-refractivity contribution in [1.29, 1.82) is 0 Å². The highest BCUT2D eigenvalue weighted by Gasteiger charge is 1.87. The van der Waals surface area contributed by atoms with Gasteiger partial charge in [-0.15, -0.1) is 10.1 Å². The van der Waals surface area contributed by atoms with Crippen LogP contribution in [0.2, 0.25) is 0 Å². The number of hydrogen-bond acceptors (Lipinski definition) is 5. The summed E-state index contributed by atoms with van der Waals surface area (Å²) < 4.78 is 0. The summed E-state index contributed by atoms with van der Waals surface area (Å²) in [5.41, 5.74) is 0. The molecule has 6 heteroatoms. The SMILES string of the molecule is O=[N+]([O-])OC/C=C/COO. The lowest BCUT2D eigenvalue weighted by Gasteiger charge is -1.89. The molecule has 0 unspecified atom stereocenters. The fourth-order valence-corrected chi connectivity index (χ4v) is 0.283. The van der Waals surface area contributed by atoms with Gasteiger partial charge in [-0.05, 0) is 0 Å². The molecule has 0 aliphatic heterocycles. The van der Waals surface area contributed by atoms with Crippen molar-refractivity contribution in [2.75, 3.05) is 13.2 Å². The van der Waals surface area contributed by atoms with Gasteiger partial charge in [-0.3, -0.25) is 5.26 Å². The molecule has 58 valence electrons. The first-order chi connectivity index (χ1) is 4.77. The number of rotatable bonds is 5. The van der Waals surface area contributed by atoms with Gasteiger partial charge < -0.3 is 4.84 Å². The average molecular weight is 149 g/mol. The van der Waals surface area contributed by atoms with Crippen LogP contribution in [0.25, 0.3) is 0 Å². The van der Waals surface area contributed by atoms with Crippen LogP contribution in [-0.2, 0) is 9.73 Å². The summed E-state index contributed by atoms with van der Waals surface area (Å²) in [5, 5.41) is 16.4. The van der Waals surface area contributed by atoms with E-state index in [-0.39, 0.29) is 13.2 Å². The summed E-state index contributed by atoms with van der Waals surface area (Å²) in [4.78, 5) is 17.0. The standard InChI is InChI=1S/C4H7NO5/c6-5(7)9-3-1-2-4-10-8/h1-2,8H,3-4H2/b2-1+. The van der Waals surface area contributed by atoms with Crippen LogP contribution < -0.4 is 0 Å². The van der Waals surface area contributed by atoms with Crippen molar-refractivity contribution in [3.63, 3.8) is 0 Å². The van der Waals surface area contributed by atoms with E-state index < -0.39 is 5.09 Å². The molecule has 10 heavy (non-hydrogen) atoms. The molecule has 1 N–H and O–H groups in total. The number of hydrogen-bond donors (Lipinski definition) is 1. The summed E-state index contributed by atoms with van der Waals surface area (Å²) in [7, 11) is 0. The second-order valence-corrected chi connectivity index (χ2v) is 1.29. The third kappa shape index (κ3) is 6.86. The number of nitrogens with zero attached hydrogens (tertiary/aromatic N) is 1. The Labute approximate surface area is 56.7 Å². The molecule has 0 rings (SSSR count). The highest BCUT2D eigenvalue weighted by Crippen LogP contribution is 1.78. The van der Waals surface area contributed by atoms with Gasteiger partial charge in [-0.25, -0.2) is 4.89 Å². The molecule has 0 aromatic heterocycles. The molecule has 0 aromatic rings. The van der Waals surface area contributed by atoms with E-state index in [0.717, 1.165) is 0 Å². The molecule has 0 aliphatic carbocycles. The lowest BCUT2D eigenvalue weighted by Crippen LogP contribution is -1.99. The Hall–Kier alpha value is -1.14. The molecule has 0 aromatic carbocycles. The Morgan fingerprint density at radius 2 is 2.10 bits per heavy atom. The van der Waals surface area contributed by atoms with E-state index in [2.05, 4.69) is 9.73 Å². The zero-order valence-electron chi connectivity index (χ0n) is 5.10. The summed E-state index contributed by atoms with van der Waals surface area (Å²) in [6.45, 7) is -0.128. The Morgan fingerprint density at radius 3 is 2.60 bits per heavy atom. The lowest BCUT2D eigenvalue weighted by atomic mass is 10.5. The zero-order chi connectivity index (χ0) is 7.82. The van der Waals surface area contributed by atoms with Crippen molar-refractivity contribution in [2.45, 2.75) is 0 Å². The second kappa shape index (κ2) is 5.99. The Kier molecular flexibility index (Phi) is 5.30. The van der Waals surface area contributed by atoms with Gasteiger partial charge in [-0.1, -0.05) is 12.2 Å². The van der Waals surface area contributed by atoms with Crippen LogP contribution in [0, 0.1) is 10.1 Å². The van der Waals surface area contributed by atoms with E-state index in [1.54, 1.807) is 0 Å². The van der Waals surface area contributed by atoms with Gasteiger partial charge in [0.1, 0.15) is 13.2 Å². The van der Waals surface area contributed by atoms with Crippen LogP contribution in [-0.4, -0.2) is 23.6 Å². The van der Waals surface area contributed by atoms with Crippen LogP contribution >= 0.6 is 0 Å². The predicted octanol–water partition coefficient (Wildman–Crippen LogP) is 0.240. The minimum atomic E-state index is -0.899. The minimum absolute atomic E-state index is 0.00107. The van der Waals surface area contributed by atoms with E-state index in [9.17, 15) is 10.1 Å². The van der Waals surface area contributed by atoms with Gasteiger partial charge in [0.05, 0.1) is 0 Å². The quantitative estimate of drug-likeness (QED) is 0.262. The molecule has 0 atom stereocenters. The first-order valence-electron chi connectivity index (χ1n) is 2.46. The zero-order valence-corrected chi connectivity index (χ0v) is 5.10. The lowest BCUT2D eigenvalue weighted by molar-refractivity contribution is -0.755. The summed E-state index contributed by atoms with van der Waals surface area (Å²) >= 11 is 0. The van der Waals surface area contributed by atoms with Crippen molar-refractivity contribution >= 4 is 0 Å². The van der Waals surface area contributed by atoms with Crippen LogP contribution in [0.1, 0.15) is 0 Å². The first-order valence-corrected chi connectivity index (χ1v) is 2.46. The Morgan fingerprint density at radius 1 is 1.50 bits per heavy atom. The normalized spacial score (nSPS) is 10.1. The molecule has 0 fully saturated rings. The second-order valence-electron chi connectivity index (χ2n) is 1.29. The highest BCUT2D eigenvalue weighted by atomic mass is 17.1. The van der Waals surface area contributed by atoms with Gasteiger partial charge in [0.25, 0.3) is 5.09 Å². The third-order valence-corrected chi connectivity index (χ3v) is 0.614. The van der Waals surface area contributed by atoms with Crippen LogP contribution in [0.3, 0.4) is 0 Å². The van der Waals surface area contributed by atoms with Gasteiger partial charge in [0, 0.05) is 0 Å². The van der Waals surface area contributed by atoms with Crippen LogP contribution in [0.5, 0.6) is 0 Å². The van der Waals surface area contributed by atoms with Crippen molar-refractivity contribution < 1.29 is 20.1 Å². The Bertz CT molecular complexity index is 123. The van der Waals surface area contributed by atoms with Gasteiger partial charge in [0.2, 0.25) is 0 Å². The fraction of sp³-hybridized carbons (Fsp3) is 0.500. The topological polar surface area (TPSA) is 81.8 Å². The van der Waals surface area contributed by atoms with Gasteiger partial charge >= 0.3 is 0 Å². The molecule has 0 saturated heterocycles. The van der Waals surface area contributed by atoms with E-state index in [1.165, 1.54) is 12.2 Å². The van der Waals surface area contributed by atoms with Crippen LogP contribution in [0.4, 0.5) is 0 Å². The van der Waals surface area contributed by atoms with E-state index in [1.807, 2.05) is 0 Å². The fourth-order valence-electron chi connectivity index (χ4n) is 0.283. The maximum Gasteiger partial charge on any atom is 0.294 e. The molecule has 0 bridgehead atoms. The van der Waals surface area contributed by atoms with Crippen molar-refractivity contribution in [1.82, 2.24) is 0 Å². The third-order valence-electron chi connectivity index (χ3n) is 0.614. The van der Waals surface area contributed by atoms with Crippen molar-refractivity contribution in [2.24, 2.45) is 0 Å². The molecule has 0 radical (unpaired) electrons. The summed E-state index contributed by atoms with van der Waals surface area (Å²) in [6.07, 6.45) is 2.75. The van der Waals surface area contributed by atoms with Gasteiger partial charge in [0.15, 0.2) is 0 Å². The smallest absolute Gasteiger partial charge is 0.294 e. The molecule has 0 heterocycles. The first kappa shape index (κ1) is 8.86. The molecule has 0 aliphatic rings. The van der Waals surface area contributed by atoms with Crippen molar-refractivity contribution in [3.05, 3.63) is 22.3 Å². The Balaban J connectivity index is 3.10. The van der Waals surface area contributed by atoms with Gasteiger partial charge in [-0.2, -0.15) is 0 Å². The molecular weight excluding hydrogens is 142 g/mol. The van der Waals surface area contributed by atoms with Crippen LogP contribution in [0.15, 0.2) is 12.2 Å². The monoisotopic (exact) mass is 149 g/mol. The van der Waals surface area contributed by atoms with E-state index >= 15 is 0 Å². The highest BCUT2D eigenvalue weighted by molar-refractivity contribution is 4.79. The summed E-state index contributed by atoms with van der Waals surface area (Å²) in [6, 6.07) is 0. The maximum atomic E-state index is 9.50. The minimum Gasteiger partial charge on any atom is -0.310 e. The van der Waals surface area contributed by atoms with Crippen molar-refractivity contribution in [3.8, 4) is 0 Å². The molecule has 0 spiro atoms. The average Bonchev–Trinajstić information content (AvgIpc) is 1.87. The summed E-state index contributed by atoms with van der Waals surface area (Å²) in [5.74, 6) is 0.